The Morgan fingerprint density at radius 1 is 1.37 bits per heavy atom. The van der Waals surface area contributed by atoms with Crippen molar-refractivity contribution in [3.05, 3.63) is 46.0 Å². The highest BCUT2D eigenvalue weighted by molar-refractivity contribution is 7.05. The van der Waals surface area contributed by atoms with Crippen molar-refractivity contribution in [1.29, 1.82) is 0 Å². The first-order valence-electron chi connectivity index (χ1n) is 6.66. The Bertz CT molecular complexity index is 524. The Balaban J connectivity index is 2.35. The number of nitrogens with zero attached hydrogens (tertiary/aromatic N) is 2. The zero-order valence-corrected chi connectivity index (χ0v) is 12.2. The molecule has 19 heavy (non-hydrogen) atoms. The minimum absolute atomic E-state index is 0.0203. The molecule has 1 heterocycles. The maximum absolute atomic E-state index is 5.75. The van der Waals surface area contributed by atoms with E-state index in [2.05, 4.69) is 53.1 Å². The predicted octanol–water partition coefficient (Wildman–Crippen LogP) is 2.61. The second kappa shape index (κ2) is 6.75. The zero-order chi connectivity index (χ0) is 13.7. The van der Waals surface area contributed by atoms with Crippen LogP contribution in [-0.2, 0) is 12.8 Å². The molecule has 0 amide bonds. The standard InChI is InChI=1S/C14H20N4S/c1-3-6-12-14(19-18-17-12)13(16-15)11-8-5-7-10(4-2)9-11/h5,7-9,13,16H,3-4,6,15H2,1-2H3. The van der Waals surface area contributed by atoms with Crippen LogP contribution in [0.3, 0.4) is 0 Å². The van der Waals surface area contributed by atoms with E-state index in [-0.39, 0.29) is 6.04 Å². The van der Waals surface area contributed by atoms with Gasteiger partial charge < -0.3 is 0 Å². The van der Waals surface area contributed by atoms with E-state index in [4.69, 9.17) is 5.84 Å². The van der Waals surface area contributed by atoms with E-state index in [1.807, 2.05) is 0 Å². The monoisotopic (exact) mass is 276 g/mol. The number of rotatable bonds is 6. The molecule has 4 nitrogen and oxygen atoms in total. The summed E-state index contributed by atoms with van der Waals surface area (Å²) in [5.41, 5.74) is 6.44. The number of aromatic nitrogens is 2. The molecule has 3 N–H and O–H groups in total. The summed E-state index contributed by atoms with van der Waals surface area (Å²) in [7, 11) is 0. The molecule has 1 aromatic heterocycles. The average Bonchev–Trinajstić information content (AvgIpc) is 2.89. The molecule has 0 saturated heterocycles. The Morgan fingerprint density at radius 3 is 2.89 bits per heavy atom. The molecule has 0 saturated carbocycles. The quantitative estimate of drug-likeness (QED) is 0.629. The number of nitrogens with one attached hydrogen (secondary N) is 1. The molecule has 2 rings (SSSR count). The highest BCUT2D eigenvalue weighted by atomic mass is 32.1. The van der Waals surface area contributed by atoms with Gasteiger partial charge in [0.2, 0.25) is 0 Å². The van der Waals surface area contributed by atoms with Crippen LogP contribution in [0, 0.1) is 0 Å². The molecule has 1 atom stereocenters. The normalized spacial score (nSPS) is 12.6. The first-order chi connectivity index (χ1) is 9.30. The van der Waals surface area contributed by atoms with E-state index in [9.17, 15) is 0 Å². The van der Waals surface area contributed by atoms with Crippen LogP contribution in [0.25, 0.3) is 0 Å². The maximum Gasteiger partial charge on any atom is 0.0837 e. The number of aryl methyl sites for hydroxylation is 2. The molecule has 102 valence electrons. The summed E-state index contributed by atoms with van der Waals surface area (Å²) in [6, 6.07) is 8.48. The van der Waals surface area contributed by atoms with Crippen LogP contribution < -0.4 is 11.3 Å². The smallest absolute Gasteiger partial charge is 0.0837 e. The molecular weight excluding hydrogens is 256 g/mol. The van der Waals surface area contributed by atoms with Gasteiger partial charge >= 0.3 is 0 Å². The molecule has 0 fully saturated rings. The van der Waals surface area contributed by atoms with Gasteiger partial charge in [-0.2, -0.15) is 0 Å². The van der Waals surface area contributed by atoms with Gasteiger partial charge in [0.25, 0.3) is 0 Å². The Labute approximate surface area is 118 Å². The van der Waals surface area contributed by atoms with Gasteiger partial charge in [0.15, 0.2) is 0 Å². The second-order valence-electron chi connectivity index (χ2n) is 4.53. The Morgan fingerprint density at radius 2 is 2.21 bits per heavy atom. The van der Waals surface area contributed by atoms with Crippen LogP contribution in [0.2, 0.25) is 0 Å². The van der Waals surface area contributed by atoms with Crippen LogP contribution >= 0.6 is 11.5 Å². The summed E-state index contributed by atoms with van der Waals surface area (Å²) in [6.07, 6.45) is 3.02. The molecule has 0 bridgehead atoms. The summed E-state index contributed by atoms with van der Waals surface area (Å²) < 4.78 is 4.07. The highest BCUT2D eigenvalue weighted by Crippen LogP contribution is 2.27. The third-order valence-electron chi connectivity index (χ3n) is 3.19. The van der Waals surface area contributed by atoms with E-state index < -0.39 is 0 Å². The van der Waals surface area contributed by atoms with Crippen LogP contribution in [0.5, 0.6) is 0 Å². The van der Waals surface area contributed by atoms with Crippen LogP contribution in [0.15, 0.2) is 24.3 Å². The average molecular weight is 276 g/mol. The molecular formula is C14H20N4S. The molecule has 5 heteroatoms. The van der Waals surface area contributed by atoms with Crippen molar-refractivity contribution in [2.45, 2.75) is 39.2 Å². The Kier molecular flexibility index (Phi) is 5.01. The minimum Gasteiger partial charge on any atom is -0.271 e. The fourth-order valence-corrected chi connectivity index (χ4v) is 2.95. The number of hydrogen-bond acceptors (Lipinski definition) is 5. The molecule has 1 unspecified atom stereocenters. The van der Waals surface area contributed by atoms with Crippen molar-refractivity contribution in [2.75, 3.05) is 0 Å². The second-order valence-corrected chi connectivity index (χ2v) is 5.32. The van der Waals surface area contributed by atoms with E-state index >= 15 is 0 Å². The molecule has 0 spiro atoms. The van der Waals surface area contributed by atoms with E-state index in [0.717, 1.165) is 29.8 Å². The number of benzene rings is 1. The first kappa shape index (κ1) is 14.1. The molecule has 0 aliphatic heterocycles. The largest absolute Gasteiger partial charge is 0.271 e. The fourth-order valence-electron chi connectivity index (χ4n) is 2.16. The van der Waals surface area contributed by atoms with Crippen molar-refractivity contribution in [3.8, 4) is 0 Å². The third-order valence-corrected chi connectivity index (χ3v) is 4.02. The lowest BCUT2D eigenvalue weighted by Crippen LogP contribution is -2.29. The number of nitrogens with two attached hydrogens (primary N) is 1. The van der Waals surface area contributed by atoms with E-state index in [1.165, 1.54) is 22.7 Å². The van der Waals surface area contributed by atoms with Crippen molar-refractivity contribution in [1.82, 2.24) is 15.0 Å². The van der Waals surface area contributed by atoms with Gasteiger partial charge in [-0.05, 0) is 35.5 Å². The zero-order valence-electron chi connectivity index (χ0n) is 11.4. The lowest BCUT2D eigenvalue weighted by molar-refractivity contribution is 0.636. The number of hydrazine groups is 1. The van der Waals surface area contributed by atoms with E-state index in [0.29, 0.717) is 0 Å². The molecule has 0 aliphatic rings. The molecule has 0 radical (unpaired) electrons. The van der Waals surface area contributed by atoms with Crippen LogP contribution in [0.1, 0.15) is 48.0 Å². The van der Waals surface area contributed by atoms with Crippen LogP contribution in [0.4, 0.5) is 0 Å². The van der Waals surface area contributed by atoms with Crippen molar-refractivity contribution >= 4 is 11.5 Å². The van der Waals surface area contributed by atoms with Gasteiger partial charge in [0.1, 0.15) is 0 Å². The SMILES string of the molecule is CCCc1nnsc1C(NN)c1cccc(CC)c1. The van der Waals surface area contributed by atoms with Crippen LogP contribution in [-0.4, -0.2) is 9.59 Å². The third kappa shape index (κ3) is 3.18. The first-order valence-corrected chi connectivity index (χ1v) is 7.43. The predicted molar refractivity (Wildman–Crippen MR) is 78.9 cm³/mol. The summed E-state index contributed by atoms with van der Waals surface area (Å²) in [4.78, 5) is 1.12. The van der Waals surface area contributed by atoms with Gasteiger partial charge in [-0.15, -0.1) is 5.10 Å². The molecule has 1 aromatic carbocycles. The summed E-state index contributed by atoms with van der Waals surface area (Å²) in [6.45, 7) is 4.30. The summed E-state index contributed by atoms with van der Waals surface area (Å²) in [5.74, 6) is 5.75. The summed E-state index contributed by atoms with van der Waals surface area (Å²) >= 11 is 1.43. The van der Waals surface area contributed by atoms with Crippen molar-refractivity contribution in [2.24, 2.45) is 5.84 Å². The fraction of sp³-hybridized carbons (Fsp3) is 0.429. The number of hydrogen-bond donors (Lipinski definition) is 2. The maximum atomic E-state index is 5.75. The van der Waals surface area contributed by atoms with Gasteiger partial charge in [0, 0.05) is 0 Å². The highest BCUT2D eigenvalue weighted by Gasteiger charge is 2.19. The van der Waals surface area contributed by atoms with Gasteiger partial charge in [0.05, 0.1) is 16.6 Å². The van der Waals surface area contributed by atoms with Gasteiger partial charge in [-0.3, -0.25) is 5.84 Å². The van der Waals surface area contributed by atoms with Gasteiger partial charge in [-0.25, -0.2) is 5.43 Å². The van der Waals surface area contributed by atoms with E-state index in [1.54, 1.807) is 0 Å². The molecule has 0 aliphatic carbocycles. The van der Waals surface area contributed by atoms with Gasteiger partial charge in [-0.1, -0.05) is 49.0 Å². The Hall–Kier alpha value is -1.30. The van der Waals surface area contributed by atoms with Crippen molar-refractivity contribution < 1.29 is 0 Å². The lowest BCUT2D eigenvalue weighted by atomic mass is 10.0. The molecule has 2 aromatic rings. The lowest BCUT2D eigenvalue weighted by Gasteiger charge is -2.16. The topological polar surface area (TPSA) is 63.8 Å². The summed E-state index contributed by atoms with van der Waals surface area (Å²) in [5, 5.41) is 4.22. The minimum atomic E-state index is -0.0203. The van der Waals surface area contributed by atoms with Crippen molar-refractivity contribution in [3.63, 3.8) is 0 Å².